The molecule has 0 saturated heterocycles. The van der Waals surface area contributed by atoms with E-state index in [4.69, 9.17) is 9.47 Å². The van der Waals surface area contributed by atoms with Gasteiger partial charge in [-0.15, -0.1) is 10.2 Å². The van der Waals surface area contributed by atoms with E-state index in [2.05, 4.69) is 19.9 Å². The maximum absolute atomic E-state index is 12.2. The van der Waals surface area contributed by atoms with E-state index in [9.17, 15) is 8.42 Å². The summed E-state index contributed by atoms with van der Waals surface area (Å²) in [6, 6.07) is 10.7. The largest absolute Gasteiger partial charge is 0.494 e. The number of aromatic nitrogens is 4. The Morgan fingerprint density at radius 3 is 2.25 bits per heavy atom. The highest BCUT2D eigenvalue weighted by Gasteiger charge is 2.25. The maximum atomic E-state index is 12.2. The molecule has 0 aliphatic rings. The van der Waals surface area contributed by atoms with Crippen molar-refractivity contribution in [3.05, 3.63) is 42.1 Å². The predicted octanol–water partition coefficient (Wildman–Crippen LogP) is 2.42. The second kappa shape index (κ2) is 7.85. The molecule has 0 amide bonds. The Kier molecular flexibility index (Phi) is 5.50. The molecule has 2 heterocycles. The van der Waals surface area contributed by atoms with Crippen LogP contribution >= 0.6 is 0 Å². The lowest BCUT2D eigenvalue weighted by atomic mass is 10.2. The number of hydrogen-bond donors (Lipinski definition) is 1. The van der Waals surface area contributed by atoms with E-state index in [0.29, 0.717) is 28.7 Å². The van der Waals surface area contributed by atoms with Gasteiger partial charge in [-0.3, -0.25) is 9.29 Å². The summed E-state index contributed by atoms with van der Waals surface area (Å²) in [6.45, 7) is 3.39. The average molecular weight is 403 g/mol. The molecule has 10 heteroatoms. The van der Waals surface area contributed by atoms with Crippen molar-refractivity contribution < 1.29 is 17.9 Å². The third-order valence-corrected chi connectivity index (χ3v) is 5.29. The van der Waals surface area contributed by atoms with Gasteiger partial charge in [-0.1, -0.05) is 12.1 Å². The van der Waals surface area contributed by atoms with Crippen molar-refractivity contribution in [2.45, 2.75) is 13.8 Å². The first-order valence-electron chi connectivity index (χ1n) is 8.51. The van der Waals surface area contributed by atoms with Crippen LogP contribution in [0.1, 0.15) is 12.6 Å². The number of pyridine rings is 1. The van der Waals surface area contributed by atoms with Crippen molar-refractivity contribution in [1.82, 2.24) is 19.7 Å². The van der Waals surface area contributed by atoms with Gasteiger partial charge in [-0.25, -0.2) is 13.4 Å². The van der Waals surface area contributed by atoms with E-state index >= 15 is 0 Å². The van der Waals surface area contributed by atoms with Crippen LogP contribution in [0, 0.1) is 6.92 Å². The normalized spacial score (nSPS) is 11.3. The van der Waals surface area contributed by atoms with E-state index in [1.54, 1.807) is 24.3 Å². The smallest absolute Gasteiger partial charge is 0.243 e. The van der Waals surface area contributed by atoms with Crippen LogP contribution in [0.5, 0.6) is 11.5 Å². The number of methoxy groups -OCH3 is 2. The number of nitrogens with zero attached hydrogens (tertiary/aromatic N) is 4. The minimum atomic E-state index is -3.59. The summed E-state index contributed by atoms with van der Waals surface area (Å²) in [5.41, 5.74) is 1.78. The summed E-state index contributed by atoms with van der Waals surface area (Å²) in [4.78, 5) is 4.49. The number of para-hydroxylation sites is 1. The fourth-order valence-corrected chi connectivity index (χ4v) is 3.21. The molecule has 1 N–H and O–H groups in total. The van der Waals surface area contributed by atoms with Gasteiger partial charge >= 0.3 is 0 Å². The number of aryl methyl sites for hydroxylation is 1. The summed E-state index contributed by atoms with van der Waals surface area (Å²) in [7, 11) is -0.561. The number of ether oxygens (including phenoxy) is 2. The highest BCUT2D eigenvalue weighted by molar-refractivity contribution is 7.92. The topological polar surface area (TPSA) is 108 Å². The van der Waals surface area contributed by atoms with Gasteiger partial charge < -0.3 is 9.47 Å². The summed E-state index contributed by atoms with van der Waals surface area (Å²) in [5.74, 6) is 1.18. The van der Waals surface area contributed by atoms with E-state index in [-0.39, 0.29) is 11.7 Å². The lowest BCUT2D eigenvalue weighted by Crippen LogP contribution is -2.18. The molecule has 0 aliphatic heterocycles. The first kappa shape index (κ1) is 19.6. The number of nitrogens with one attached hydrogen (secondary N) is 1. The molecule has 3 aromatic rings. The number of hydrogen-bond acceptors (Lipinski definition) is 7. The van der Waals surface area contributed by atoms with Gasteiger partial charge in [-0.05, 0) is 38.1 Å². The minimum Gasteiger partial charge on any atom is -0.494 e. The highest BCUT2D eigenvalue weighted by Crippen LogP contribution is 2.37. The Hall–Kier alpha value is -3.14. The van der Waals surface area contributed by atoms with Gasteiger partial charge in [-0.2, -0.15) is 0 Å². The Balaban J connectivity index is 2.33. The molecule has 0 radical (unpaired) electrons. The second-order valence-electron chi connectivity index (χ2n) is 5.86. The van der Waals surface area contributed by atoms with Crippen LogP contribution in [0.15, 0.2) is 36.4 Å². The number of benzene rings is 1. The molecule has 0 unspecified atom stereocenters. The molecule has 0 atom stereocenters. The lowest BCUT2D eigenvalue weighted by Gasteiger charge is -2.17. The molecular formula is C18H21N5O4S. The van der Waals surface area contributed by atoms with Gasteiger partial charge in [0.25, 0.3) is 0 Å². The van der Waals surface area contributed by atoms with Crippen LogP contribution in [-0.2, 0) is 10.0 Å². The monoisotopic (exact) mass is 403 g/mol. The Morgan fingerprint density at radius 2 is 1.68 bits per heavy atom. The minimum absolute atomic E-state index is 0.0166. The first-order valence-corrected chi connectivity index (χ1v) is 10.2. The van der Waals surface area contributed by atoms with E-state index in [1.807, 2.05) is 19.1 Å². The summed E-state index contributed by atoms with van der Waals surface area (Å²) >= 11 is 0. The van der Waals surface area contributed by atoms with Crippen LogP contribution in [0.4, 0.5) is 5.95 Å². The molecule has 1 aromatic carbocycles. The molecular weight excluding hydrogens is 382 g/mol. The van der Waals surface area contributed by atoms with Gasteiger partial charge in [0.1, 0.15) is 22.9 Å². The summed E-state index contributed by atoms with van der Waals surface area (Å²) in [6.07, 6.45) is 0. The van der Waals surface area contributed by atoms with E-state index in [1.165, 1.54) is 25.7 Å². The number of sulfonamides is 1. The molecule has 28 heavy (non-hydrogen) atoms. The van der Waals surface area contributed by atoms with Crippen molar-refractivity contribution in [3.63, 3.8) is 0 Å². The fourth-order valence-electron chi connectivity index (χ4n) is 2.66. The Labute approximate surface area is 163 Å². The molecule has 9 nitrogen and oxygen atoms in total. The van der Waals surface area contributed by atoms with E-state index < -0.39 is 10.0 Å². The number of anilines is 1. The molecule has 0 spiro atoms. The first-order chi connectivity index (χ1) is 13.4. The van der Waals surface area contributed by atoms with Crippen LogP contribution in [-0.4, -0.2) is 48.1 Å². The van der Waals surface area contributed by atoms with Gasteiger partial charge in [0.15, 0.2) is 5.82 Å². The maximum Gasteiger partial charge on any atom is 0.243 e. The van der Waals surface area contributed by atoms with Gasteiger partial charge in [0.2, 0.25) is 16.0 Å². The average Bonchev–Trinajstić information content (AvgIpc) is 3.09. The fraction of sp³-hybridized carbons (Fsp3) is 0.278. The summed E-state index contributed by atoms with van der Waals surface area (Å²) < 4.78 is 39.3. The van der Waals surface area contributed by atoms with Crippen LogP contribution in [0.3, 0.4) is 0 Å². The molecule has 0 bridgehead atoms. The van der Waals surface area contributed by atoms with Crippen LogP contribution in [0.2, 0.25) is 0 Å². The van der Waals surface area contributed by atoms with Crippen LogP contribution < -0.4 is 14.2 Å². The Morgan fingerprint density at radius 1 is 1.04 bits per heavy atom. The second-order valence-corrected chi connectivity index (χ2v) is 7.87. The van der Waals surface area contributed by atoms with Gasteiger partial charge in [0.05, 0.1) is 20.0 Å². The molecule has 0 aliphatic carbocycles. The molecule has 3 rings (SSSR count). The zero-order valence-corrected chi connectivity index (χ0v) is 16.8. The lowest BCUT2D eigenvalue weighted by molar-refractivity contribution is 0.391. The third kappa shape index (κ3) is 3.77. The Bertz CT molecular complexity index is 1070. The number of rotatable bonds is 7. The zero-order chi connectivity index (χ0) is 20.3. The highest BCUT2D eigenvalue weighted by atomic mass is 32.2. The van der Waals surface area contributed by atoms with Crippen molar-refractivity contribution >= 4 is 16.0 Å². The SMILES string of the molecule is CCS(=O)(=O)Nc1nnc(-c2cccc(C)n2)n1-c1c(OC)cccc1OC. The van der Waals surface area contributed by atoms with Crippen LogP contribution in [0.25, 0.3) is 17.2 Å². The van der Waals surface area contributed by atoms with Crippen molar-refractivity contribution in [2.24, 2.45) is 0 Å². The molecule has 2 aromatic heterocycles. The zero-order valence-electron chi connectivity index (χ0n) is 16.0. The quantitative estimate of drug-likeness (QED) is 0.645. The molecule has 0 fully saturated rings. The van der Waals surface area contributed by atoms with Crippen molar-refractivity contribution in [3.8, 4) is 28.7 Å². The summed E-state index contributed by atoms with van der Waals surface area (Å²) in [5, 5.41) is 8.24. The molecule has 148 valence electrons. The van der Waals surface area contributed by atoms with Crippen molar-refractivity contribution in [2.75, 3.05) is 24.7 Å². The standard InChI is InChI=1S/C18H21N5O4S/c1-5-28(24,25)22-18-21-20-17(13-9-6-8-12(2)19-13)23(18)16-14(26-3)10-7-11-15(16)27-4/h6-11H,5H2,1-4H3,(H,21,22). The van der Waals surface area contributed by atoms with Crippen molar-refractivity contribution in [1.29, 1.82) is 0 Å². The van der Waals surface area contributed by atoms with E-state index in [0.717, 1.165) is 5.69 Å². The van der Waals surface area contributed by atoms with Gasteiger partial charge in [0, 0.05) is 5.69 Å². The molecule has 0 saturated carbocycles. The predicted molar refractivity (Wildman–Crippen MR) is 106 cm³/mol. The third-order valence-electron chi connectivity index (χ3n) is 4.03.